The van der Waals surface area contributed by atoms with E-state index < -0.39 is 0 Å². The molecule has 1 unspecified atom stereocenters. The van der Waals surface area contributed by atoms with E-state index in [4.69, 9.17) is 5.73 Å². The zero-order chi connectivity index (χ0) is 6.41. The molecule has 0 fully saturated rings. The van der Waals surface area contributed by atoms with E-state index in [1.54, 1.807) is 0 Å². The summed E-state index contributed by atoms with van der Waals surface area (Å²) in [5.74, 6) is 0. The second kappa shape index (κ2) is 9.40. The highest BCUT2D eigenvalue weighted by molar-refractivity contribution is 9.09. The highest BCUT2D eigenvalue weighted by Gasteiger charge is 1.97. The fourth-order valence-electron chi connectivity index (χ4n) is 0.416. The van der Waals surface area contributed by atoms with Crippen molar-refractivity contribution in [3.05, 3.63) is 0 Å². The smallest absolute Gasteiger partial charge is 0.0268 e. The number of nitrogens with two attached hydrogens (primary N) is 1. The van der Waals surface area contributed by atoms with Gasteiger partial charge in [-0.15, -0.1) is 17.0 Å². The molecule has 0 bridgehead atoms. The fourth-order valence-corrected chi connectivity index (χ4v) is 1.06. The molecule has 2 N–H and O–H groups in total. The maximum absolute atomic E-state index is 5.35. The van der Waals surface area contributed by atoms with Gasteiger partial charge in [0.1, 0.15) is 0 Å². The van der Waals surface area contributed by atoms with Gasteiger partial charge < -0.3 is 5.73 Å². The minimum atomic E-state index is 0. The van der Waals surface area contributed by atoms with Crippen LogP contribution in [0.5, 0.6) is 0 Å². The molecule has 0 spiro atoms. The minimum Gasteiger partial charge on any atom is -0.329 e. The first-order valence-electron chi connectivity index (χ1n) is 2.71. The van der Waals surface area contributed by atoms with Crippen LogP contribution in [0, 0.1) is 0 Å². The molecule has 58 valence electrons. The standard InChI is InChI=1S/C5H11Br2N.BrH/c6-3-1-2-5(7)4-8;/h5H,1-4,8H2;1H. The Morgan fingerprint density at radius 2 is 2.00 bits per heavy atom. The Kier molecular flexibility index (Phi) is 13.6. The van der Waals surface area contributed by atoms with Crippen molar-refractivity contribution in [2.24, 2.45) is 5.73 Å². The number of hydrogen-bond acceptors (Lipinski definition) is 1. The van der Waals surface area contributed by atoms with Gasteiger partial charge in [0.15, 0.2) is 0 Å². The first-order chi connectivity index (χ1) is 3.81. The van der Waals surface area contributed by atoms with Gasteiger partial charge >= 0.3 is 0 Å². The average Bonchev–Trinajstić information content (AvgIpc) is 1.83. The lowest BCUT2D eigenvalue weighted by atomic mass is 10.2. The van der Waals surface area contributed by atoms with Crippen LogP contribution in [0.3, 0.4) is 0 Å². The third-order valence-corrected chi connectivity index (χ3v) is 2.30. The summed E-state index contributed by atoms with van der Waals surface area (Å²) in [4.78, 5) is 0.514. The zero-order valence-corrected chi connectivity index (χ0v) is 10.0. The summed E-state index contributed by atoms with van der Waals surface area (Å²) in [5.41, 5.74) is 5.35. The van der Waals surface area contributed by atoms with Crippen molar-refractivity contribution in [1.29, 1.82) is 0 Å². The van der Waals surface area contributed by atoms with E-state index in [-0.39, 0.29) is 17.0 Å². The molecule has 0 heterocycles. The van der Waals surface area contributed by atoms with Crippen LogP contribution in [0.1, 0.15) is 12.8 Å². The van der Waals surface area contributed by atoms with Crippen LogP contribution in [-0.2, 0) is 0 Å². The van der Waals surface area contributed by atoms with Crippen LogP contribution >= 0.6 is 48.8 Å². The predicted molar refractivity (Wildman–Crippen MR) is 55.1 cm³/mol. The van der Waals surface area contributed by atoms with Gasteiger partial charge in [-0.2, -0.15) is 0 Å². The molecule has 0 aromatic heterocycles. The molecular formula is C5H12Br3N. The van der Waals surface area contributed by atoms with Gasteiger partial charge in [0, 0.05) is 16.7 Å². The lowest BCUT2D eigenvalue weighted by Gasteiger charge is -2.02. The Balaban J connectivity index is 0. The Morgan fingerprint density at radius 3 is 2.33 bits per heavy atom. The van der Waals surface area contributed by atoms with Crippen molar-refractivity contribution in [3.8, 4) is 0 Å². The summed E-state index contributed by atoms with van der Waals surface area (Å²) in [5, 5.41) is 1.08. The Bertz CT molecular complexity index is 51.5. The molecule has 4 heteroatoms. The first kappa shape index (κ1) is 13.0. The number of alkyl halides is 2. The van der Waals surface area contributed by atoms with Crippen LogP contribution in [-0.4, -0.2) is 16.7 Å². The summed E-state index contributed by atoms with van der Waals surface area (Å²) in [6, 6.07) is 0. The lowest BCUT2D eigenvalue weighted by Crippen LogP contribution is -2.12. The maximum Gasteiger partial charge on any atom is 0.0268 e. The molecule has 0 aromatic carbocycles. The molecule has 0 aromatic rings. The molecule has 0 saturated heterocycles. The van der Waals surface area contributed by atoms with Gasteiger partial charge in [0.2, 0.25) is 0 Å². The van der Waals surface area contributed by atoms with Crippen molar-refractivity contribution in [1.82, 2.24) is 0 Å². The van der Waals surface area contributed by atoms with Crippen LogP contribution in [0.2, 0.25) is 0 Å². The number of rotatable bonds is 4. The molecular weight excluding hydrogens is 314 g/mol. The van der Waals surface area contributed by atoms with Crippen molar-refractivity contribution in [2.75, 3.05) is 11.9 Å². The summed E-state index contributed by atoms with van der Waals surface area (Å²) >= 11 is 6.78. The van der Waals surface area contributed by atoms with Crippen molar-refractivity contribution in [2.45, 2.75) is 17.7 Å². The van der Waals surface area contributed by atoms with E-state index in [2.05, 4.69) is 31.9 Å². The van der Waals surface area contributed by atoms with Gasteiger partial charge in [-0.05, 0) is 12.8 Å². The summed E-state index contributed by atoms with van der Waals surface area (Å²) < 4.78 is 0. The fraction of sp³-hybridized carbons (Fsp3) is 1.00. The molecule has 9 heavy (non-hydrogen) atoms. The van der Waals surface area contributed by atoms with Gasteiger partial charge in [-0.25, -0.2) is 0 Å². The third kappa shape index (κ3) is 9.40. The number of halogens is 3. The van der Waals surface area contributed by atoms with Gasteiger partial charge in [-0.1, -0.05) is 31.9 Å². The highest BCUT2D eigenvalue weighted by atomic mass is 79.9. The molecule has 0 rings (SSSR count). The van der Waals surface area contributed by atoms with Gasteiger partial charge in [-0.3, -0.25) is 0 Å². The molecule has 0 aliphatic rings. The highest BCUT2D eigenvalue weighted by Crippen LogP contribution is 2.06. The SMILES string of the molecule is Br.NCC(Br)CCCBr. The largest absolute Gasteiger partial charge is 0.329 e. The van der Waals surface area contributed by atoms with E-state index >= 15 is 0 Å². The first-order valence-corrected chi connectivity index (χ1v) is 4.75. The Labute approximate surface area is 83.8 Å². The second-order valence-electron chi connectivity index (χ2n) is 1.66. The quantitative estimate of drug-likeness (QED) is 0.790. The zero-order valence-electron chi connectivity index (χ0n) is 5.15. The van der Waals surface area contributed by atoms with Gasteiger partial charge in [0.25, 0.3) is 0 Å². The van der Waals surface area contributed by atoms with E-state index in [0.29, 0.717) is 4.83 Å². The minimum absolute atomic E-state index is 0. The van der Waals surface area contributed by atoms with Crippen molar-refractivity contribution < 1.29 is 0 Å². The molecule has 1 nitrogen and oxygen atoms in total. The summed E-state index contributed by atoms with van der Waals surface area (Å²) in [6.45, 7) is 0.743. The average molecular weight is 326 g/mol. The molecule has 0 aliphatic carbocycles. The monoisotopic (exact) mass is 323 g/mol. The second-order valence-corrected chi connectivity index (χ2v) is 3.75. The number of hydrogen-bond donors (Lipinski definition) is 1. The molecule has 0 aliphatic heterocycles. The van der Waals surface area contributed by atoms with E-state index in [0.717, 1.165) is 11.9 Å². The van der Waals surface area contributed by atoms with Crippen LogP contribution in [0.25, 0.3) is 0 Å². The molecule has 0 radical (unpaired) electrons. The van der Waals surface area contributed by atoms with Crippen LogP contribution in [0.4, 0.5) is 0 Å². The molecule has 1 atom stereocenters. The van der Waals surface area contributed by atoms with E-state index in [1.165, 1.54) is 12.8 Å². The predicted octanol–water partition coefficient (Wildman–Crippen LogP) is 2.46. The lowest BCUT2D eigenvalue weighted by molar-refractivity contribution is 0.762. The Morgan fingerprint density at radius 1 is 1.44 bits per heavy atom. The van der Waals surface area contributed by atoms with Crippen LogP contribution in [0.15, 0.2) is 0 Å². The summed E-state index contributed by atoms with van der Waals surface area (Å²) in [6.07, 6.45) is 2.37. The third-order valence-electron chi connectivity index (χ3n) is 0.907. The topological polar surface area (TPSA) is 26.0 Å². The maximum atomic E-state index is 5.35. The van der Waals surface area contributed by atoms with E-state index in [1.807, 2.05) is 0 Å². The Hall–Kier alpha value is 1.40. The van der Waals surface area contributed by atoms with Crippen LogP contribution < -0.4 is 5.73 Å². The normalized spacial score (nSPS) is 12.3. The van der Waals surface area contributed by atoms with Crippen molar-refractivity contribution >= 4 is 48.8 Å². The van der Waals surface area contributed by atoms with Crippen molar-refractivity contribution in [3.63, 3.8) is 0 Å². The van der Waals surface area contributed by atoms with E-state index in [9.17, 15) is 0 Å². The molecule has 0 saturated carbocycles. The molecule has 0 amide bonds. The van der Waals surface area contributed by atoms with Gasteiger partial charge in [0.05, 0.1) is 0 Å². The summed E-state index contributed by atoms with van der Waals surface area (Å²) in [7, 11) is 0.